The third kappa shape index (κ3) is 2.55. The average molecular weight is 183 g/mol. The number of ether oxygens (including phenoxy) is 1. The van der Waals surface area contributed by atoms with E-state index in [2.05, 4.69) is 14.7 Å². The van der Waals surface area contributed by atoms with E-state index in [4.69, 9.17) is 5.73 Å². The molecule has 13 heavy (non-hydrogen) atoms. The van der Waals surface area contributed by atoms with E-state index in [-0.39, 0.29) is 0 Å². The van der Waals surface area contributed by atoms with E-state index in [1.165, 1.54) is 13.3 Å². The molecule has 0 bridgehead atoms. The average Bonchev–Trinajstić information content (AvgIpc) is 2.62. The number of esters is 1. The molecule has 0 aliphatic carbocycles. The van der Waals surface area contributed by atoms with Gasteiger partial charge in [0.15, 0.2) is 0 Å². The molecule has 5 nitrogen and oxygen atoms in total. The summed E-state index contributed by atoms with van der Waals surface area (Å²) in [5.41, 5.74) is 5.72. The minimum atomic E-state index is -0.397. The molecule has 0 atom stereocenters. The predicted octanol–water partition coefficient (Wildman–Crippen LogP) is 0.0876. The van der Waals surface area contributed by atoms with Crippen molar-refractivity contribution in [2.75, 3.05) is 13.7 Å². The van der Waals surface area contributed by atoms with Gasteiger partial charge in [-0.1, -0.05) is 0 Å². The molecule has 5 heteroatoms. The molecule has 0 saturated heterocycles. The van der Waals surface area contributed by atoms with Crippen LogP contribution in [-0.2, 0) is 11.2 Å². The molecule has 0 saturated carbocycles. The number of H-pyrrole nitrogens is 1. The van der Waals surface area contributed by atoms with E-state index >= 15 is 0 Å². The Kier molecular flexibility index (Phi) is 3.45. The Bertz CT molecular complexity index is 283. The van der Waals surface area contributed by atoms with Crippen LogP contribution >= 0.6 is 0 Å². The van der Waals surface area contributed by atoms with Crippen LogP contribution in [0.5, 0.6) is 0 Å². The van der Waals surface area contributed by atoms with E-state index in [9.17, 15) is 4.79 Å². The molecule has 1 rings (SSSR count). The molecular weight excluding hydrogens is 170 g/mol. The fraction of sp³-hybridized carbons (Fsp3) is 0.500. The molecule has 0 unspecified atom stereocenters. The zero-order chi connectivity index (χ0) is 9.68. The zero-order valence-electron chi connectivity index (χ0n) is 7.54. The smallest absolute Gasteiger partial charge is 0.356 e. The van der Waals surface area contributed by atoms with Gasteiger partial charge in [0.25, 0.3) is 0 Å². The number of aryl methyl sites for hydroxylation is 1. The summed E-state index contributed by atoms with van der Waals surface area (Å²) >= 11 is 0. The van der Waals surface area contributed by atoms with Gasteiger partial charge in [-0.2, -0.15) is 0 Å². The molecule has 3 N–H and O–H groups in total. The molecule has 1 aromatic rings. The summed E-state index contributed by atoms with van der Waals surface area (Å²) in [4.78, 5) is 17.9. The van der Waals surface area contributed by atoms with Crippen LogP contribution in [0.2, 0.25) is 0 Å². The van der Waals surface area contributed by atoms with Crippen LogP contribution in [0.4, 0.5) is 0 Å². The molecule has 1 heterocycles. The van der Waals surface area contributed by atoms with Crippen molar-refractivity contribution in [1.29, 1.82) is 0 Å². The standard InChI is InChI=1S/C8H13N3O2/c1-13-8(12)6-5-10-7(11-6)3-2-4-9/h5H,2-4,9H2,1H3,(H,10,11). The molecule has 0 aromatic carbocycles. The van der Waals surface area contributed by atoms with Gasteiger partial charge < -0.3 is 15.5 Å². The largest absolute Gasteiger partial charge is 0.464 e. The monoisotopic (exact) mass is 183 g/mol. The number of methoxy groups -OCH3 is 1. The highest BCUT2D eigenvalue weighted by atomic mass is 16.5. The van der Waals surface area contributed by atoms with Gasteiger partial charge in [0.1, 0.15) is 11.5 Å². The topological polar surface area (TPSA) is 81.0 Å². The SMILES string of the molecule is COC(=O)c1cnc(CCCN)[nH]1. The first kappa shape index (κ1) is 9.73. The molecule has 0 fully saturated rings. The molecule has 1 aromatic heterocycles. The zero-order valence-corrected chi connectivity index (χ0v) is 7.54. The summed E-state index contributed by atoms with van der Waals surface area (Å²) in [7, 11) is 1.34. The lowest BCUT2D eigenvalue weighted by atomic mass is 10.3. The predicted molar refractivity (Wildman–Crippen MR) is 47.3 cm³/mol. The van der Waals surface area contributed by atoms with E-state index < -0.39 is 5.97 Å². The number of hydrogen-bond acceptors (Lipinski definition) is 4. The van der Waals surface area contributed by atoms with Crippen LogP contribution in [0.25, 0.3) is 0 Å². The van der Waals surface area contributed by atoms with Gasteiger partial charge in [0.2, 0.25) is 0 Å². The van der Waals surface area contributed by atoms with Crippen molar-refractivity contribution in [3.63, 3.8) is 0 Å². The van der Waals surface area contributed by atoms with Crippen LogP contribution in [0, 0.1) is 0 Å². The van der Waals surface area contributed by atoms with E-state index in [0.29, 0.717) is 12.2 Å². The number of rotatable bonds is 4. The Balaban J connectivity index is 2.58. The quantitative estimate of drug-likeness (QED) is 0.648. The van der Waals surface area contributed by atoms with Crippen LogP contribution in [0.15, 0.2) is 6.20 Å². The van der Waals surface area contributed by atoms with Gasteiger partial charge in [0, 0.05) is 6.42 Å². The number of carbonyl (C=O) groups is 1. The minimum absolute atomic E-state index is 0.384. The first-order valence-electron chi connectivity index (χ1n) is 4.10. The van der Waals surface area contributed by atoms with Crippen LogP contribution in [0.3, 0.4) is 0 Å². The molecule has 72 valence electrons. The maximum atomic E-state index is 11.0. The number of nitrogens with two attached hydrogens (primary N) is 1. The lowest BCUT2D eigenvalue weighted by molar-refractivity contribution is 0.0594. The number of hydrogen-bond donors (Lipinski definition) is 2. The van der Waals surface area contributed by atoms with Crippen molar-refractivity contribution < 1.29 is 9.53 Å². The Morgan fingerprint density at radius 3 is 3.15 bits per heavy atom. The van der Waals surface area contributed by atoms with Crippen molar-refractivity contribution in [3.05, 3.63) is 17.7 Å². The van der Waals surface area contributed by atoms with E-state index in [1.54, 1.807) is 0 Å². The molecular formula is C8H13N3O2. The van der Waals surface area contributed by atoms with Gasteiger partial charge in [-0.3, -0.25) is 0 Å². The van der Waals surface area contributed by atoms with Crippen LogP contribution in [-0.4, -0.2) is 29.6 Å². The summed E-state index contributed by atoms with van der Waals surface area (Å²) in [6.45, 7) is 0.619. The van der Waals surface area contributed by atoms with Crippen molar-refractivity contribution in [3.8, 4) is 0 Å². The summed E-state index contributed by atoms with van der Waals surface area (Å²) in [6.07, 6.45) is 3.08. The van der Waals surface area contributed by atoms with Crippen molar-refractivity contribution in [2.24, 2.45) is 5.73 Å². The van der Waals surface area contributed by atoms with Gasteiger partial charge in [0.05, 0.1) is 13.3 Å². The first-order chi connectivity index (χ1) is 6.27. The van der Waals surface area contributed by atoms with Crippen molar-refractivity contribution >= 4 is 5.97 Å². The Morgan fingerprint density at radius 2 is 2.54 bits per heavy atom. The van der Waals surface area contributed by atoms with Gasteiger partial charge in [-0.25, -0.2) is 9.78 Å². The Hall–Kier alpha value is -1.36. The van der Waals surface area contributed by atoms with Crippen molar-refractivity contribution in [1.82, 2.24) is 9.97 Å². The number of aromatic nitrogens is 2. The first-order valence-corrected chi connectivity index (χ1v) is 4.10. The summed E-state index contributed by atoms with van der Waals surface area (Å²) < 4.78 is 4.52. The number of carbonyl (C=O) groups excluding carboxylic acids is 1. The third-order valence-electron chi connectivity index (χ3n) is 1.65. The highest BCUT2D eigenvalue weighted by Crippen LogP contribution is 2.00. The molecule has 0 amide bonds. The lowest BCUT2D eigenvalue weighted by Crippen LogP contribution is -2.03. The van der Waals surface area contributed by atoms with E-state index in [0.717, 1.165) is 18.7 Å². The van der Waals surface area contributed by atoms with Gasteiger partial charge >= 0.3 is 5.97 Å². The highest BCUT2D eigenvalue weighted by molar-refractivity contribution is 5.86. The number of aromatic amines is 1. The second kappa shape index (κ2) is 4.61. The maximum Gasteiger partial charge on any atom is 0.356 e. The van der Waals surface area contributed by atoms with Crippen LogP contribution in [0.1, 0.15) is 22.7 Å². The molecule has 0 spiro atoms. The van der Waals surface area contributed by atoms with Gasteiger partial charge in [-0.05, 0) is 13.0 Å². The Morgan fingerprint density at radius 1 is 1.77 bits per heavy atom. The van der Waals surface area contributed by atoms with Crippen molar-refractivity contribution in [2.45, 2.75) is 12.8 Å². The number of nitrogens with zero attached hydrogens (tertiary/aromatic N) is 1. The summed E-state index contributed by atoms with van der Waals surface area (Å²) in [6, 6.07) is 0. The van der Waals surface area contributed by atoms with E-state index in [1.807, 2.05) is 0 Å². The number of imidazole rings is 1. The fourth-order valence-electron chi connectivity index (χ4n) is 0.973. The molecule has 0 radical (unpaired) electrons. The fourth-order valence-corrected chi connectivity index (χ4v) is 0.973. The number of nitrogens with one attached hydrogen (secondary N) is 1. The molecule has 0 aliphatic heterocycles. The molecule has 0 aliphatic rings. The second-order valence-corrected chi connectivity index (χ2v) is 2.63. The maximum absolute atomic E-state index is 11.0. The normalized spacial score (nSPS) is 10.0. The minimum Gasteiger partial charge on any atom is -0.464 e. The second-order valence-electron chi connectivity index (χ2n) is 2.63. The summed E-state index contributed by atoms with van der Waals surface area (Å²) in [5.74, 6) is 0.373. The highest BCUT2D eigenvalue weighted by Gasteiger charge is 2.08. The van der Waals surface area contributed by atoms with Gasteiger partial charge in [-0.15, -0.1) is 0 Å². The lowest BCUT2D eigenvalue weighted by Gasteiger charge is -1.94. The van der Waals surface area contributed by atoms with Crippen LogP contribution < -0.4 is 5.73 Å². The summed E-state index contributed by atoms with van der Waals surface area (Å²) in [5, 5.41) is 0. The third-order valence-corrected chi connectivity index (χ3v) is 1.65. The Labute approximate surface area is 76.3 Å².